The second-order valence-electron chi connectivity index (χ2n) is 9.67. The van der Waals surface area contributed by atoms with E-state index in [2.05, 4.69) is 108 Å². The van der Waals surface area contributed by atoms with Gasteiger partial charge in [-0.2, -0.15) is 4.57 Å². The number of hydrogen-bond acceptors (Lipinski definition) is 3. The van der Waals surface area contributed by atoms with E-state index in [0.717, 1.165) is 41.4 Å². The quantitative estimate of drug-likeness (QED) is 0.179. The van der Waals surface area contributed by atoms with Gasteiger partial charge in [0.2, 0.25) is 0 Å². The summed E-state index contributed by atoms with van der Waals surface area (Å²) < 4.78 is 9.73. The number of hydrogen-bond donors (Lipinski definition) is 0. The van der Waals surface area contributed by atoms with Crippen molar-refractivity contribution in [3.8, 4) is 27.4 Å². The average Bonchev–Trinajstić information content (AvgIpc) is 3.27. The number of benzene rings is 5. The lowest BCUT2D eigenvalue weighted by atomic mass is 9.89. The van der Waals surface area contributed by atoms with Crippen LogP contribution < -0.4 is 9.30 Å². The Morgan fingerprint density at radius 2 is 1.62 bits per heavy atom. The molecule has 0 amide bonds. The van der Waals surface area contributed by atoms with Crippen molar-refractivity contribution >= 4 is 54.0 Å². The highest BCUT2D eigenvalue weighted by Crippen LogP contribution is 2.43. The minimum Gasteiger partial charge on any atom is -0.487 e. The average molecular weight is 496 g/mol. The summed E-state index contributed by atoms with van der Waals surface area (Å²) >= 11 is 1.75. The summed E-state index contributed by atoms with van der Waals surface area (Å²) in [7, 11) is 0. The van der Waals surface area contributed by atoms with E-state index in [1.54, 1.807) is 11.3 Å². The monoisotopic (exact) mass is 495 g/mol. The van der Waals surface area contributed by atoms with Crippen molar-refractivity contribution in [1.82, 2.24) is 4.98 Å². The summed E-state index contributed by atoms with van der Waals surface area (Å²) in [6, 6.07) is 35.0. The molecule has 4 heteroatoms. The van der Waals surface area contributed by atoms with Crippen molar-refractivity contribution in [2.24, 2.45) is 0 Å². The smallest absolute Gasteiger partial charge is 0.255 e. The van der Waals surface area contributed by atoms with E-state index in [1.165, 1.54) is 48.3 Å². The summed E-state index contributed by atoms with van der Waals surface area (Å²) in [6.45, 7) is 1.71. The maximum atomic E-state index is 6.16. The Balaban J connectivity index is 1.47. The molecular weight excluding hydrogens is 472 g/mol. The molecule has 2 aromatic heterocycles. The summed E-state index contributed by atoms with van der Waals surface area (Å²) in [4.78, 5) is 4.96. The van der Waals surface area contributed by atoms with Gasteiger partial charge in [0.1, 0.15) is 5.01 Å². The third kappa shape index (κ3) is 3.26. The van der Waals surface area contributed by atoms with Gasteiger partial charge in [0, 0.05) is 18.1 Å². The van der Waals surface area contributed by atoms with Crippen LogP contribution in [0.4, 0.5) is 0 Å². The first-order chi connectivity index (χ1) is 18.3. The van der Waals surface area contributed by atoms with E-state index < -0.39 is 0 Å². The van der Waals surface area contributed by atoms with Crippen LogP contribution in [0.2, 0.25) is 0 Å². The van der Waals surface area contributed by atoms with Gasteiger partial charge in [-0.15, -0.1) is 11.3 Å². The van der Waals surface area contributed by atoms with Gasteiger partial charge in [0.25, 0.3) is 5.52 Å². The SMILES string of the molecule is c1ccc2c(-c3ccc4c5c3ccc[n+]5CCCO4)c3cc(-c4nc5ccccc5s4)ccc3cc2c1. The molecule has 37 heavy (non-hydrogen) atoms. The molecule has 5 aromatic carbocycles. The first-order valence-corrected chi connectivity index (χ1v) is 13.5. The number of pyridine rings is 1. The van der Waals surface area contributed by atoms with Gasteiger partial charge in [0.15, 0.2) is 18.5 Å². The summed E-state index contributed by atoms with van der Waals surface area (Å²) in [6.07, 6.45) is 3.19. The molecule has 0 atom stereocenters. The number of para-hydroxylation sites is 1. The Labute approximate surface area is 218 Å². The molecule has 0 bridgehead atoms. The third-order valence-corrected chi connectivity index (χ3v) is 8.56. The zero-order valence-corrected chi connectivity index (χ0v) is 21.0. The van der Waals surface area contributed by atoms with Crippen molar-refractivity contribution in [3.05, 3.63) is 103 Å². The topological polar surface area (TPSA) is 26.0 Å². The van der Waals surface area contributed by atoms with Gasteiger partial charge in [-0.3, -0.25) is 0 Å². The molecule has 8 rings (SSSR count). The molecule has 0 spiro atoms. The van der Waals surface area contributed by atoms with Crippen molar-refractivity contribution in [2.45, 2.75) is 13.0 Å². The van der Waals surface area contributed by atoms with Crippen molar-refractivity contribution in [1.29, 1.82) is 0 Å². The number of fused-ring (bicyclic) bond motifs is 3. The van der Waals surface area contributed by atoms with Crippen LogP contribution in [0.15, 0.2) is 103 Å². The van der Waals surface area contributed by atoms with Gasteiger partial charge in [-0.05, 0) is 75.1 Å². The normalized spacial score (nSPS) is 13.3. The second-order valence-corrected chi connectivity index (χ2v) is 10.7. The first-order valence-electron chi connectivity index (χ1n) is 12.7. The Morgan fingerprint density at radius 3 is 2.59 bits per heavy atom. The molecule has 1 aliphatic heterocycles. The second kappa shape index (κ2) is 8.12. The van der Waals surface area contributed by atoms with Gasteiger partial charge < -0.3 is 4.74 Å². The summed E-state index contributed by atoms with van der Waals surface area (Å²) in [5.41, 5.74) is 5.90. The van der Waals surface area contributed by atoms with E-state index >= 15 is 0 Å². The molecule has 176 valence electrons. The number of nitrogens with zero attached hydrogens (tertiary/aromatic N) is 2. The molecule has 3 heterocycles. The minimum atomic E-state index is 0.749. The number of ether oxygens (including phenoxy) is 1. The Kier molecular flexibility index (Phi) is 4.58. The zero-order valence-electron chi connectivity index (χ0n) is 20.1. The van der Waals surface area contributed by atoms with Crippen LogP contribution in [-0.2, 0) is 6.54 Å². The maximum absolute atomic E-state index is 6.16. The molecule has 3 nitrogen and oxygen atoms in total. The standard InChI is InChI=1S/C33H23N2OS/c1-2-8-24-21(7-1)19-22-12-13-23(33-34-28-10-3-4-11-30(28)37-33)20-27(22)31(24)25-14-15-29-32-26(25)9-5-16-35(32)17-6-18-36-29/h1-5,7-16,19-20H,6,17-18H2/q+1. The van der Waals surface area contributed by atoms with E-state index in [-0.39, 0.29) is 0 Å². The van der Waals surface area contributed by atoms with E-state index in [0.29, 0.717) is 0 Å². The molecule has 0 saturated heterocycles. The van der Waals surface area contributed by atoms with Crippen LogP contribution in [0, 0.1) is 0 Å². The molecule has 0 N–H and O–H groups in total. The minimum absolute atomic E-state index is 0.749. The molecular formula is C33H23N2OS+. The highest BCUT2D eigenvalue weighted by Gasteiger charge is 2.23. The van der Waals surface area contributed by atoms with Crippen molar-refractivity contribution in [2.75, 3.05) is 6.61 Å². The summed E-state index contributed by atoms with van der Waals surface area (Å²) in [5, 5.41) is 7.27. The Bertz CT molecular complexity index is 1960. The third-order valence-electron chi connectivity index (χ3n) is 7.47. The highest BCUT2D eigenvalue weighted by molar-refractivity contribution is 7.21. The largest absolute Gasteiger partial charge is 0.487 e. The molecule has 0 fully saturated rings. The fourth-order valence-corrected chi connectivity index (χ4v) is 6.75. The molecule has 0 radical (unpaired) electrons. The van der Waals surface area contributed by atoms with Crippen LogP contribution in [0.25, 0.3) is 64.4 Å². The predicted molar refractivity (Wildman–Crippen MR) is 153 cm³/mol. The van der Waals surface area contributed by atoms with Crippen molar-refractivity contribution < 1.29 is 9.30 Å². The van der Waals surface area contributed by atoms with E-state index in [4.69, 9.17) is 9.72 Å². The number of aryl methyl sites for hydroxylation is 1. The molecule has 0 aliphatic carbocycles. The van der Waals surface area contributed by atoms with Crippen LogP contribution in [0.3, 0.4) is 0 Å². The van der Waals surface area contributed by atoms with Crippen LogP contribution in [0.1, 0.15) is 6.42 Å². The fraction of sp³-hybridized carbons (Fsp3) is 0.0909. The van der Waals surface area contributed by atoms with Gasteiger partial charge in [-0.1, -0.05) is 48.5 Å². The molecule has 0 saturated carbocycles. The Morgan fingerprint density at radius 1 is 0.757 bits per heavy atom. The fourth-order valence-electron chi connectivity index (χ4n) is 5.79. The lowest BCUT2D eigenvalue weighted by molar-refractivity contribution is -0.670. The Hall–Kier alpha value is -4.28. The van der Waals surface area contributed by atoms with Gasteiger partial charge >= 0.3 is 0 Å². The van der Waals surface area contributed by atoms with E-state index in [9.17, 15) is 0 Å². The molecule has 7 aromatic rings. The summed E-state index contributed by atoms with van der Waals surface area (Å²) in [5.74, 6) is 0.969. The number of rotatable bonds is 2. The maximum Gasteiger partial charge on any atom is 0.255 e. The number of thiazole rings is 1. The van der Waals surface area contributed by atoms with Crippen LogP contribution in [-0.4, -0.2) is 11.6 Å². The first kappa shape index (κ1) is 20.9. The predicted octanol–water partition coefficient (Wildman–Crippen LogP) is 8.16. The highest BCUT2D eigenvalue weighted by atomic mass is 32.1. The van der Waals surface area contributed by atoms with E-state index in [1.807, 2.05) is 0 Å². The lowest BCUT2D eigenvalue weighted by Gasteiger charge is -2.15. The molecule has 1 aliphatic rings. The van der Waals surface area contributed by atoms with Gasteiger partial charge in [-0.25, -0.2) is 4.98 Å². The molecule has 0 unspecified atom stereocenters. The van der Waals surface area contributed by atoms with Crippen LogP contribution >= 0.6 is 11.3 Å². The van der Waals surface area contributed by atoms with Crippen molar-refractivity contribution in [3.63, 3.8) is 0 Å². The zero-order chi connectivity index (χ0) is 24.3. The lowest BCUT2D eigenvalue weighted by Crippen LogP contribution is -2.33. The number of aromatic nitrogens is 2. The van der Waals surface area contributed by atoms with Gasteiger partial charge in [0.05, 0.1) is 22.2 Å². The van der Waals surface area contributed by atoms with Crippen LogP contribution in [0.5, 0.6) is 5.75 Å².